The maximum absolute atomic E-state index is 12.5. The molecular weight excluding hydrogens is 274 g/mol. The first-order chi connectivity index (χ1) is 9.66. The van der Waals surface area contributed by atoms with Crippen molar-refractivity contribution in [2.45, 2.75) is 13.0 Å². The first-order valence-electron chi connectivity index (χ1n) is 6.33. The van der Waals surface area contributed by atoms with Crippen molar-refractivity contribution in [2.24, 2.45) is 0 Å². The lowest BCUT2D eigenvalue weighted by Gasteiger charge is -2.27. The molecule has 1 aromatic carbocycles. The lowest BCUT2D eigenvalue weighted by atomic mass is 10.0. The van der Waals surface area contributed by atoms with Crippen LogP contribution in [0.15, 0.2) is 35.7 Å². The number of hydrogen-bond acceptors (Lipinski definition) is 3. The number of benzene rings is 1. The number of carboxylic acids is 1. The third kappa shape index (κ3) is 2.20. The van der Waals surface area contributed by atoms with E-state index < -0.39 is 5.97 Å². The Balaban J connectivity index is 1.89. The van der Waals surface area contributed by atoms with Gasteiger partial charge in [-0.15, -0.1) is 11.3 Å². The quantitative estimate of drug-likeness (QED) is 0.923. The van der Waals surface area contributed by atoms with Gasteiger partial charge in [-0.25, -0.2) is 4.79 Å². The topological polar surface area (TPSA) is 57.6 Å². The molecule has 1 N–H and O–H groups in total. The summed E-state index contributed by atoms with van der Waals surface area (Å²) in [7, 11) is 0. The van der Waals surface area contributed by atoms with Gasteiger partial charge in [-0.2, -0.15) is 0 Å². The molecule has 1 amide bonds. The number of carbonyl (C=O) groups excluding carboxylic acids is 1. The summed E-state index contributed by atoms with van der Waals surface area (Å²) in [5.41, 5.74) is 1.50. The predicted octanol–water partition coefficient (Wildman–Crippen LogP) is 2.64. The average Bonchev–Trinajstić information content (AvgIpc) is 2.93. The fraction of sp³-hybridized carbons (Fsp3) is 0.200. The zero-order chi connectivity index (χ0) is 14.1. The number of amides is 1. The van der Waals surface area contributed by atoms with Gasteiger partial charge < -0.3 is 10.0 Å². The van der Waals surface area contributed by atoms with Crippen LogP contribution in [0.1, 0.15) is 31.2 Å². The molecule has 0 saturated heterocycles. The zero-order valence-electron chi connectivity index (χ0n) is 10.7. The molecule has 1 aliphatic rings. The van der Waals surface area contributed by atoms with E-state index in [1.807, 2.05) is 11.4 Å². The number of rotatable bonds is 2. The smallest absolute Gasteiger partial charge is 0.336 e. The van der Waals surface area contributed by atoms with Crippen molar-refractivity contribution in [3.05, 3.63) is 57.3 Å². The van der Waals surface area contributed by atoms with Crippen LogP contribution in [0, 0.1) is 0 Å². The van der Waals surface area contributed by atoms with Gasteiger partial charge in [0.15, 0.2) is 0 Å². The predicted molar refractivity (Wildman–Crippen MR) is 76.2 cm³/mol. The number of aromatic carboxylic acids is 1. The highest BCUT2D eigenvalue weighted by Crippen LogP contribution is 2.25. The molecule has 5 heteroatoms. The maximum atomic E-state index is 12.5. The molecule has 0 radical (unpaired) electrons. The molecular formula is C15H13NO3S. The number of fused-ring (bicyclic) bond motifs is 1. The third-order valence-corrected chi connectivity index (χ3v) is 4.51. The molecule has 2 heterocycles. The monoisotopic (exact) mass is 287 g/mol. The Morgan fingerprint density at radius 1 is 1.15 bits per heavy atom. The average molecular weight is 287 g/mol. The Morgan fingerprint density at radius 2 is 1.90 bits per heavy atom. The van der Waals surface area contributed by atoms with E-state index in [9.17, 15) is 9.59 Å². The minimum atomic E-state index is -1.07. The Morgan fingerprint density at radius 3 is 2.65 bits per heavy atom. The summed E-state index contributed by atoms with van der Waals surface area (Å²) in [4.78, 5) is 26.8. The van der Waals surface area contributed by atoms with Crippen molar-refractivity contribution in [3.63, 3.8) is 0 Å². The third-order valence-electron chi connectivity index (χ3n) is 3.48. The molecule has 2 aromatic rings. The summed E-state index contributed by atoms with van der Waals surface area (Å²) in [5.74, 6) is -1.28. The maximum Gasteiger partial charge on any atom is 0.336 e. The molecule has 0 unspecified atom stereocenters. The molecule has 4 nitrogen and oxygen atoms in total. The van der Waals surface area contributed by atoms with E-state index in [1.165, 1.54) is 16.5 Å². The minimum Gasteiger partial charge on any atom is -0.478 e. The molecule has 0 spiro atoms. The van der Waals surface area contributed by atoms with Crippen molar-refractivity contribution < 1.29 is 14.7 Å². The standard InChI is InChI=1S/C15H13NO3S/c17-14(11-3-1-2-4-12(11)15(18)19)16-7-5-13-10(9-16)6-8-20-13/h1-4,6,8H,5,7,9H2,(H,18,19). The molecule has 20 heavy (non-hydrogen) atoms. The van der Waals surface area contributed by atoms with Gasteiger partial charge in [-0.05, 0) is 35.6 Å². The van der Waals surface area contributed by atoms with E-state index in [0.29, 0.717) is 13.1 Å². The van der Waals surface area contributed by atoms with Crippen molar-refractivity contribution in [3.8, 4) is 0 Å². The normalized spacial score (nSPS) is 13.9. The molecule has 0 aliphatic carbocycles. The van der Waals surface area contributed by atoms with Gasteiger partial charge in [0.2, 0.25) is 0 Å². The Labute approximate surface area is 120 Å². The van der Waals surface area contributed by atoms with Crippen molar-refractivity contribution >= 4 is 23.2 Å². The molecule has 1 aromatic heterocycles. The highest BCUT2D eigenvalue weighted by molar-refractivity contribution is 7.10. The molecule has 102 valence electrons. The van der Waals surface area contributed by atoms with E-state index in [4.69, 9.17) is 5.11 Å². The van der Waals surface area contributed by atoms with Crippen molar-refractivity contribution in [1.29, 1.82) is 0 Å². The summed E-state index contributed by atoms with van der Waals surface area (Å²) < 4.78 is 0. The van der Waals surface area contributed by atoms with E-state index in [1.54, 1.807) is 34.4 Å². The van der Waals surface area contributed by atoms with Crippen LogP contribution in [-0.2, 0) is 13.0 Å². The first-order valence-corrected chi connectivity index (χ1v) is 7.21. The van der Waals surface area contributed by atoms with Crippen molar-refractivity contribution in [1.82, 2.24) is 4.90 Å². The summed E-state index contributed by atoms with van der Waals surface area (Å²) in [6.07, 6.45) is 0.841. The number of thiophene rings is 1. The number of hydrogen-bond donors (Lipinski definition) is 1. The minimum absolute atomic E-state index is 0.0635. The second-order valence-electron chi connectivity index (χ2n) is 4.70. The number of carbonyl (C=O) groups is 2. The summed E-state index contributed by atoms with van der Waals surface area (Å²) >= 11 is 1.71. The van der Waals surface area contributed by atoms with Crippen LogP contribution in [-0.4, -0.2) is 28.4 Å². The van der Waals surface area contributed by atoms with Crippen LogP contribution in [0.25, 0.3) is 0 Å². The Hall–Kier alpha value is -2.14. The van der Waals surface area contributed by atoms with Gasteiger partial charge in [-0.3, -0.25) is 4.79 Å². The molecule has 0 saturated carbocycles. The van der Waals surface area contributed by atoms with Gasteiger partial charge in [0.25, 0.3) is 5.91 Å². The number of nitrogens with zero attached hydrogens (tertiary/aromatic N) is 1. The number of carboxylic acid groups (broad SMARTS) is 1. The summed E-state index contributed by atoms with van der Waals surface area (Å²) in [6, 6.07) is 8.40. The van der Waals surface area contributed by atoms with Gasteiger partial charge in [0.05, 0.1) is 11.1 Å². The molecule has 1 aliphatic heterocycles. The molecule has 0 bridgehead atoms. The van der Waals surface area contributed by atoms with Crippen LogP contribution in [0.5, 0.6) is 0 Å². The summed E-state index contributed by atoms with van der Waals surface area (Å²) in [5, 5.41) is 11.2. The van der Waals surface area contributed by atoms with Crippen LogP contribution < -0.4 is 0 Å². The lowest BCUT2D eigenvalue weighted by Crippen LogP contribution is -2.36. The van der Waals surface area contributed by atoms with Gasteiger partial charge in [-0.1, -0.05) is 12.1 Å². The highest BCUT2D eigenvalue weighted by atomic mass is 32.1. The Bertz CT molecular complexity index is 677. The van der Waals surface area contributed by atoms with Crippen LogP contribution in [0.3, 0.4) is 0 Å². The van der Waals surface area contributed by atoms with E-state index in [2.05, 4.69) is 0 Å². The van der Waals surface area contributed by atoms with E-state index in [0.717, 1.165) is 6.42 Å². The lowest BCUT2D eigenvalue weighted by molar-refractivity contribution is 0.0670. The van der Waals surface area contributed by atoms with E-state index >= 15 is 0 Å². The summed E-state index contributed by atoms with van der Waals surface area (Å²) in [6.45, 7) is 1.20. The molecule has 0 fully saturated rings. The van der Waals surface area contributed by atoms with Crippen molar-refractivity contribution in [2.75, 3.05) is 6.54 Å². The highest BCUT2D eigenvalue weighted by Gasteiger charge is 2.25. The van der Waals surface area contributed by atoms with Crippen LogP contribution >= 0.6 is 11.3 Å². The van der Waals surface area contributed by atoms with E-state index in [-0.39, 0.29) is 17.0 Å². The fourth-order valence-corrected chi connectivity index (χ4v) is 3.34. The Kier molecular flexibility index (Phi) is 3.28. The van der Waals surface area contributed by atoms with Crippen LogP contribution in [0.2, 0.25) is 0 Å². The van der Waals surface area contributed by atoms with Gasteiger partial charge >= 0.3 is 5.97 Å². The molecule has 3 rings (SSSR count). The largest absolute Gasteiger partial charge is 0.478 e. The zero-order valence-corrected chi connectivity index (χ0v) is 11.5. The molecule has 0 atom stereocenters. The second-order valence-corrected chi connectivity index (χ2v) is 5.70. The fourth-order valence-electron chi connectivity index (χ4n) is 2.45. The van der Waals surface area contributed by atoms with Crippen LogP contribution in [0.4, 0.5) is 0 Å². The van der Waals surface area contributed by atoms with Gasteiger partial charge in [0.1, 0.15) is 0 Å². The van der Waals surface area contributed by atoms with Gasteiger partial charge in [0, 0.05) is 18.0 Å². The first kappa shape index (κ1) is 12.9. The second kappa shape index (κ2) is 5.09. The SMILES string of the molecule is O=C(O)c1ccccc1C(=O)N1CCc2sccc2C1.